The lowest BCUT2D eigenvalue weighted by Gasteiger charge is -2.38. The van der Waals surface area contributed by atoms with Crippen molar-refractivity contribution in [2.24, 2.45) is 5.73 Å². The Hall–Kier alpha value is -3.05. The predicted molar refractivity (Wildman–Crippen MR) is 142 cm³/mol. The summed E-state index contributed by atoms with van der Waals surface area (Å²) in [6.45, 7) is 3.53. The smallest absolute Gasteiger partial charge is 0.252 e. The van der Waals surface area contributed by atoms with Crippen LogP contribution >= 0.6 is 11.8 Å². The number of carbonyl (C=O) groups excluding carboxylic acids is 1. The molecular weight excluding hydrogens is 480 g/mol. The van der Waals surface area contributed by atoms with Crippen LogP contribution in [0.3, 0.4) is 0 Å². The first kappa shape index (κ1) is 26.0. The van der Waals surface area contributed by atoms with Gasteiger partial charge in [0.05, 0.1) is 36.2 Å². The molecule has 0 saturated carbocycles. The quantitative estimate of drug-likeness (QED) is 0.239. The van der Waals surface area contributed by atoms with E-state index >= 15 is 0 Å². The molecule has 36 heavy (non-hydrogen) atoms. The number of pyridine rings is 1. The molecule has 10 heteroatoms. The average molecular weight is 513 g/mol. The Morgan fingerprint density at radius 3 is 2.81 bits per heavy atom. The Kier molecular flexibility index (Phi) is 8.20. The number of methoxy groups -OCH3 is 1. The number of amides is 1. The Morgan fingerprint density at radius 2 is 2.08 bits per heavy atom. The van der Waals surface area contributed by atoms with Crippen molar-refractivity contribution in [3.63, 3.8) is 0 Å². The van der Waals surface area contributed by atoms with Gasteiger partial charge in [-0.2, -0.15) is 11.8 Å². The van der Waals surface area contributed by atoms with Gasteiger partial charge in [0.15, 0.2) is 11.5 Å². The molecule has 1 aliphatic heterocycles. The van der Waals surface area contributed by atoms with Gasteiger partial charge >= 0.3 is 0 Å². The van der Waals surface area contributed by atoms with E-state index in [-0.39, 0.29) is 11.3 Å². The number of thioether (sulfide) groups is 1. The molecule has 1 saturated heterocycles. The van der Waals surface area contributed by atoms with Crippen molar-refractivity contribution in [3.8, 4) is 11.5 Å². The summed E-state index contributed by atoms with van der Waals surface area (Å²) < 4.78 is 11.6. The number of para-hydroxylation sites is 1. The second-order valence-electron chi connectivity index (χ2n) is 8.58. The largest absolute Gasteiger partial charge is 0.493 e. The van der Waals surface area contributed by atoms with Crippen molar-refractivity contribution < 1.29 is 24.5 Å². The first-order valence-corrected chi connectivity index (χ1v) is 13.1. The maximum atomic E-state index is 12.2. The van der Waals surface area contributed by atoms with Crippen molar-refractivity contribution in [2.45, 2.75) is 25.7 Å². The van der Waals surface area contributed by atoms with Gasteiger partial charge in [-0.25, -0.2) is 0 Å². The van der Waals surface area contributed by atoms with E-state index in [4.69, 9.17) is 15.2 Å². The standard InChI is InChI=1S/C26H32N4O5S/c1-3-17-7-4-5-8-20(17)29-24-18-13-22(34-2)23(14-21(18)28-15-19(24)25(27)31)35-11-6-9-30-10-12-36-16-26(30,32)33/h4-5,7-8,13-15,32-33H,3,6,9-12,16H2,1-2H3,(H2,27,31)(H,28,29). The van der Waals surface area contributed by atoms with Crippen LogP contribution in [0.1, 0.15) is 29.3 Å². The molecule has 0 unspecified atom stereocenters. The molecule has 0 bridgehead atoms. The number of hydrogen-bond acceptors (Lipinski definition) is 9. The highest BCUT2D eigenvalue weighted by Gasteiger charge is 2.34. The molecule has 0 radical (unpaired) electrons. The highest BCUT2D eigenvalue weighted by atomic mass is 32.2. The van der Waals surface area contributed by atoms with E-state index in [1.54, 1.807) is 24.1 Å². The number of nitrogens with zero attached hydrogens (tertiary/aromatic N) is 2. The number of aromatic nitrogens is 1. The summed E-state index contributed by atoms with van der Waals surface area (Å²) in [6.07, 6.45) is 2.89. The monoisotopic (exact) mass is 512 g/mol. The normalized spacial score (nSPS) is 15.6. The molecule has 1 aliphatic rings. The van der Waals surface area contributed by atoms with Gasteiger partial charge in [0.25, 0.3) is 5.91 Å². The van der Waals surface area contributed by atoms with E-state index in [2.05, 4.69) is 17.2 Å². The van der Waals surface area contributed by atoms with Gasteiger partial charge in [-0.1, -0.05) is 25.1 Å². The van der Waals surface area contributed by atoms with Crippen LogP contribution in [0.15, 0.2) is 42.6 Å². The average Bonchev–Trinajstić information content (AvgIpc) is 2.87. The zero-order chi connectivity index (χ0) is 25.7. The van der Waals surface area contributed by atoms with E-state index in [0.29, 0.717) is 54.2 Å². The maximum Gasteiger partial charge on any atom is 0.252 e. The Bertz CT molecular complexity index is 1240. The molecule has 9 nitrogen and oxygen atoms in total. The van der Waals surface area contributed by atoms with Crippen molar-refractivity contribution >= 4 is 39.9 Å². The lowest BCUT2D eigenvalue weighted by Crippen LogP contribution is -2.54. The molecule has 0 atom stereocenters. The molecule has 5 N–H and O–H groups in total. The lowest BCUT2D eigenvalue weighted by atomic mass is 10.1. The molecular formula is C26H32N4O5S. The fourth-order valence-electron chi connectivity index (χ4n) is 4.26. The molecule has 2 aromatic carbocycles. The van der Waals surface area contributed by atoms with Crippen LogP contribution in [0.4, 0.5) is 11.4 Å². The number of carbonyl (C=O) groups is 1. The summed E-state index contributed by atoms with van der Waals surface area (Å²) in [7, 11) is 1.55. The molecule has 4 rings (SSSR count). The first-order chi connectivity index (χ1) is 17.3. The lowest BCUT2D eigenvalue weighted by molar-refractivity contribution is -0.247. The molecule has 192 valence electrons. The fourth-order valence-corrected chi connectivity index (χ4v) is 5.21. The minimum atomic E-state index is -1.79. The second-order valence-corrected chi connectivity index (χ2v) is 9.69. The maximum absolute atomic E-state index is 12.2. The Balaban J connectivity index is 1.59. The van der Waals surface area contributed by atoms with Gasteiger partial charge in [0, 0.05) is 42.2 Å². The van der Waals surface area contributed by atoms with E-state index < -0.39 is 11.8 Å². The van der Waals surface area contributed by atoms with Crippen LogP contribution < -0.4 is 20.5 Å². The molecule has 1 aromatic heterocycles. The topological polar surface area (TPSA) is 130 Å². The van der Waals surface area contributed by atoms with Crippen LogP contribution in [0.5, 0.6) is 11.5 Å². The summed E-state index contributed by atoms with van der Waals surface area (Å²) in [6, 6.07) is 11.5. The summed E-state index contributed by atoms with van der Waals surface area (Å²) in [4.78, 5) is 18.3. The fraction of sp³-hybridized carbons (Fsp3) is 0.385. The van der Waals surface area contributed by atoms with Gasteiger partial charge in [0.2, 0.25) is 5.91 Å². The van der Waals surface area contributed by atoms with Crippen molar-refractivity contribution in [1.29, 1.82) is 0 Å². The van der Waals surface area contributed by atoms with Gasteiger partial charge in [-0.15, -0.1) is 0 Å². The highest BCUT2D eigenvalue weighted by Crippen LogP contribution is 2.38. The molecule has 3 aromatic rings. The van der Waals surface area contributed by atoms with Crippen molar-refractivity contribution in [2.75, 3.05) is 43.6 Å². The Morgan fingerprint density at radius 1 is 1.28 bits per heavy atom. The second kappa shape index (κ2) is 11.3. The van der Waals surface area contributed by atoms with Crippen LogP contribution in [0.2, 0.25) is 0 Å². The minimum Gasteiger partial charge on any atom is -0.493 e. The molecule has 0 aliphatic carbocycles. The number of primary amides is 1. The molecule has 0 spiro atoms. The zero-order valence-electron chi connectivity index (χ0n) is 20.5. The Labute approximate surface area is 214 Å². The third-order valence-electron chi connectivity index (χ3n) is 6.21. The molecule has 2 heterocycles. The van der Waals surface area contributed by atoms with E-state index in [1.807, 2.05) is 24.3 Å². The third kappa shape index (κ3) is 5.67. The van der Waals surface area contributed by atoms with Crippen LogP contribution in [-0.4, -0.2) is 70.2 Å². The number of nitrogens with one attached hydrogen (secondary N) is 1. The summed E-state index contributed by atoms with van der Waals surface area (Å²) >= 11 is 1.52. The van der Waals surface area contributed by atoms with Crippen molar-refractivity contribution in [1.82, 2.24) is 9.88 Å². The summed E-state index contributed by atoms with van der Waals surface area (Å²) in [5.74, 6) is -0.237. The first-order valence-electron chi connectivity index (χ1n) is 11.9. The van der Waals surface area contributed by atoms with Gasteiger partial charge < -0.3 is 30.7 Å². The zero-order valence-corrected chi connectivity index (χ0v) is 21.3. The number of nitrogens with two attached hydrogens (primary N) is 1. The summed E-state index contributed by atoms with van der Waals surface area (Å²) in [5.41, 5.74) is 9.12. The summed E-state index contributed by atoms with van der Waals surface area (Å²) in [5, 5.41) is 24.3. The van der Waals surface area contributed by atoms with Crippen LogP contribution in [-0.2, 0) is 6.42 Å². The third-order valence-corrected chi connectivity index (χ3v) is 7.28. The molecule has 1 fully saturated rings. The number of benzene rings is 2. The number of fused-ring (bicyclic) bond motifs is 1. The van der Waals surface area contributed by atoms with Gasteiger partial charge in [-0.05, 0) is 30.5 Å². The number of ether oxygens (including phenoxy) is 2. The minimum absolute atomic E-state index is 0.268. The number of anilines is 2. The number of aryl methyl sites for hydroxylation is 1. The van der Waals surface area contributed by atoms with E-state index in [0.717, 1.165) is 23.4 Å². The van der Waals surface area contributed by atoms with Crippen LogP contribution in [0, 0.1) is 0 Å². The van der Waals surface area contributed by atoms with Gasteiger partial charge in [-0.3, -0.25) is 14.7 Å². The van der Waals surface area contributed by atoms with Crippen molar-refractivity contribution in [3.05, 3.63) is 53.7 Å². The highest BCUT2D eigenvalue weighted by molar-refractivity contribution is 7.99. The SMILES string of the molecule is CCc1ccccc1Nc1c(C(N)=O)cnc2cc(OCCCN3CCSCC3(O)O)c(OC)cc12. The molecule has 1 amide bonds. The number of rotatable bonds is 10. The number of aliphatic hydroxyl groups is 2. The van der Waals surface area contributed by atoms with E-state index in [9.17, 15) is 15.0 Å². The van der Waals surface area contributed by atoms with Crippen LogP contribution in [0.25, 0.3) is 10.9 Å². The number of hydrogen-bond donors (Lipinski definition) is 4. The van der Waals surface area contributed by atoms with E-state index in [1.165, 1.54) is 18.0 Å². The predicted octanol–water partition coefficient (Wildman–Crippen LogP) is 3.10. The van der Waals surface area contributed by atoms with Gasteiger partial charge in [0.1, 0.15) is 0 Å².